The number of benzene rings is 2. The molecule has 1 aromatic heterocycles. The number of ether oxygens (including phenoxy) is 1. The summed E-state index contributed by atoms with van der Waals surface area (Å²) in [4.78, 5) is 32.0. The van der Waals surface area contributed by atoms with Crippen molar-refractivity contribution in [3.05, 3.63) is 66.6 Å². The molecule has 2 amide bonds. The van der Waals surface area contributed by atoms with Gasteiger partial charge in [0.25, 0.3) is 5.91 Å². The number of primary amides is 1. The molecule has 3 aromatic rings. The molecular formula is C22H19F3N4O3. The first-order valence-electron chi connectivity index (χ1n) is 9.37. The number of carbonyl (C=O) groups excluding carboxylic acids is 2. The minimum atomic E-state index is -4.83. The molecule has 0 unspecified atom stereocenters. The summed E-state index contributed by atoms with van der Waals surface area (Å²) in [6.45, 7) is 2.89. The largest absolute Gasteiger partial charge is 0.573 e. The molecule has 32 heavy (non-hydrogen) atoms. The highest BCUT2D eigenvalue weighted by Gasteiger charge is 2.32. The van der Waals surface area contributed by atoms with Gasteiger partial charge in [-0.25, -0.2) is 9.97 Å². The first kappa shape index (κ1) is 22.7. The van der Waals surface area contributed by atoms with E-state index in [1.54, 1.807) is 36.4 Å². The highest BCUT2D eigenvalue weighted by Crippen LogP contribution is 2.35. The Bertz CT molecular complexity index is 1160. The van der Waals surface area contributed by atoms with E-state index in [1.807, 2.05) is 0 Å². The van der Waals surface area contributed by atoms with Crippen LogP contribution in [0.2, 0.25) is 0 Å². The second kappa shape index (κ2) is 8.66. The predicted molar refractivity (Wildman–Crippen MR) is 110 cm³/mol. The zero-order chi connectivity index (χ0) is 23.5. The number of amides is 2. The van der Waals surface area contributed by atoms with Crippen LogP contribution in [0, 0.1) is 0 Å². The van der Waals surface area contributed by atoms with Crippen molar-refractivity contribution < 1.29 is 27.5 Å². The maximum atomic E-state index is 12.8. The molecule has 0 radical (unpaired) electrons. The quantitative estimate of drug-likeness (QED) is 0.603. The lowest BCUT2D eigenvalue weighted by Crippen LogP contribution is -2.53. The summed E-state index contributed by atoms with van der Waals surface area (Å²) in [6.07, 6.45) is -3.47. The van der Waals surface area contributed by atoms with Gasteiger partial charge in [-0.05, 0) is 37.6 Å². The van der Waals surface area contributed by atoms with Crippen molar-refractivity contribution in [2.45, 2.75) is 25.7 Å². The fraction of sp³-hybridized carbons (Fsp3) is 0.182. The molecule has 7 nitrogen and oxygen atoms in total. The van der Waals surface area contributed by atoms with Gasteiger partial charge in [-0.2, -0.15) is 0 Å². The van der Waals surface area contributed by atoms with Crippen LogP contribution in [0.25, 0.3) is 22.4 Å². The average molecular weight is 444 g/mol. The summed E-state index contributed by atoms with van der Waals surface area (Å²) in [5.74, 6) is -1.96. The van der Waals surface area contributed by atoms with Crippen LogP contribution in [0.15, 0.2) is 60.8 Å². The van der Waals surface area contributed by atoms with Crippen LogP contribution >= 0.6 is 0 Å². The second-order valence-corrected chi connectivity index (χ2v) is 7.33. The highest BCUT2D eigenvalue weighted by molar-refractivity contribution is 5.96. The molecular weight excluding hydrogens is 425 g/mol. The van der Waals surface area contributed by atoms with Gasteiger partial charge >= 0.3 is 6.36 Å². The normalized spacial score (nSPS) is 11.7. The van der Waals surface area contributed by atoms with Crippen LogP contribution in [0.5, 0.6) is 5.75 Å². The van der Waals surface area contributed by atoms with Crippen LogP contribution in [-0.2, 0) is 4.79 Å². The summed E-state index contributed by atoms with van der Waals surface area (Å²) in [5.41, 5.74) is 5.55. The molecule has 1 heterocycles. The first-order chi connectivity index (χ1) is 15.0. The van der Waals surface area contributed by atoms with Gasteiger partial charge in [-0.3, -0.25) is 9.59 Å². The average Bonchev–Trinajstić information content (AvgIpc) is 2.73. The van der Waals surface area contributed by atoms with Crippen molar-refractivity contribution in [3.63, 3.8) is 0 Å². The Hall–Kier alpha value is -3.95. The molecule has 0 fully saturated rings. The number of para-hydroxylation sites is 1. The number of carbonyl (C=O) groups is 2. The molecule has 10 heteroatoms. The van der Waals surface area contributed by atoms with Gasteiger partial charge in [0.2, 0.25) is 11.7 Å². The molecule has 0 aliphatic rings. The number of nitrogens with two attached hydrogens (primary N) is 1. The molecule has 0 atom stereocenters. The van der Waals surface area contributed by atoms with Crippen molar-refractivity contribution in [3.8, 4) is 28.1 Å². The molecule has 0 aliphatic carbocycles. The zero-order valence-electron chi connectivity index (χ0n) is 17.1. The fourth-order valence-corrected chi connectivity index (χ4v) is 2.80. The van der Waals surface area contributed by atoms with Crippen molar-refractivity contribution >= 4 is 11.8 Å². The number of hydrogen-bond acceptors (Lipinski definition) is 5. The number of aromatic nitrogens is 2. The lowest BCUT2D eigenvalue weighted by atomic mass is 10.0. The van der Waals surface area contributed by atoms with E-state index in [1.165, 1.54) is 38.2 Å². The van der Waals surface area contributed by atoms with Crippen LogP contribution in [0.4, 0.5) is 13.2 Å². The summed E-state index contributed by atoms with van der Waals surface area (Å²) >= 11 is 0. The van der Waals surface area contributed by atoms with Crippen molar-refractivity contribution in [2.75, 3.05) is 0 Å². The number of nitrogens with one attached hydrogen (secondary N) is 1. The van der Waals surface area contributed by atoms with E-state index in [9.17, 15) is 22.8 Å². The van der Waals surface area contributed by atoms with E-state index in [4.69, 9.17) is 5.73 Å². The Labute approximate surface area is 181 Å². The molecule has 3 rings (SSSR count). The summed E-state index contributed by atoms with van der Waals surface area (Å²) in [5, 5.41) is 2.46. The first-order valence-corrected chi connectivity index (χ1v) is 9.37. The zero-order valence-corrected chi connectivity index (χ0v) is 17.1. The predicted octanol–water partition coefficient (Wildman–Crippen LogP) is 3.70. The van der Waals surface area contributed by atoms with E-state index in [-0.39, 0.29) is 17.1 Å². The molecule has 2 aromatic carbocycles. The Morgan fingerprint density at radius 3 is 2.38 bits per heavy atom. The van der Waals surface area contributed by atoms with Gasteiger partial charge in [0.05, 0.1) is 5.69 Å². The number of rotatable bonds is 6. The number of hydrogen-bond donors (Lipinski definition) is 2. The molecule has 166 valence electrons. The second-order valence-electron chi connectivity index (χ2n) is 7.33. The number of nitrogens with zero attached hydrogens (tertiary/aromatic N) is 2. The van der Waals surface area contributed by atoms with Crippen LogP contribution in [-0.4, -0.2) is 33.7 Å². The van der Waals surface area contributed by atoms with Gasteiger partial charge in [-0.15, -0.1) is 13.2 Å². The SMILES string of the molecule is CC(C)(NC(=O)c1nccc(-c2cccc(-c3ccccc3OC(F)(F)F)c2)n1)C(N)=O. The van der Waals surface area contributed by atoms with Crippen LogP contribution in [0.1, 0.15) is 24.5 Å². The lowest BCUT2D eigenvalue weighted by molar-refractivity contribution is -0.274. The highest BCUT2D eigenvalue weighted by atomic mass is 19.4. The van der Waals surface area contributed by atoms with E-state index >= 15 is 0 Å². The molecule has 0 spiro atoms. The molecule has 0 aliphatic heterocycles. The van der Waals surface area contributed by atoms with E-state index in [0.29, 0.717) is 16.8 Å². The van der Waals surface area contributed by atoms with Crippen molar-refractivity contribution in [1.82, 2.24) is 15.3 Å². The maximum Gasteiger partial charge on any atom is 0.573 e. The molecule has 0 saturated heterocycles. The Balaban J connectivity index is 1.94. The standard InChI is InChI=1S/C22H19F3N4O3/c1-21(2,20(26)31)29-19(30)18-27-11-10-16(28-18)14-7-5-6-13(12-14)15-8-3-4-9-17(15)32-22(23,24)25/h3-12H,1-2H3,(H2,26,31)(H,29,30). The Morgan fingerprint density at radius 2 is 1.69 bits per heavy atom. The van der Waals surface area contributed by atoms with E-state index in [2.05, 4.69) is 20.0 Å². The van der Waals surface area contributed by atoms with Crippen LogP contribution in [0.3, 0.4) is 0 Å². The third kappa shape index (κ3) is 5.39. The third-order valence-corrected chi connectivity index (χ3v) is 4.48. The molecule has 3 N–H and O–H groups in total. The lowest BCUT2D eigenvalue weighted by Gasteiger charge is -2.21. The maximum absolute atomic E-state index is 12.8. The Kier molecular flexibility index (Phi) is 6.15. The molecule has 0 saturated carbocycles. The molecule has 0 bridgehead atoms. The van der Waals surface area contributed by atoms with Gasteiger partial charge in [-0.1, -0.05) is 36.4 Å². The van der Waals surface area contributed by atoms with Crippen molar-refractivity contribution in [1.29, 1.82) is 0 Å². The monoisotopic (exact) mass is 444 g/mol. The third-order valence-electron chi connectivity index (χ3n) is 4.48. The van der Waals surface area contributed by atoms with Crippen LogP contribution < -0.4 is 15.8 Å². The summed E-state index contributed by atoms with van der Waals surface area (Å²) in [7, 11) is 0. The van der Waals surface area contributed by atoms with Crippen molar-refractivity contribution in [2.24, 2.45) is 5.73 Å². The smallest absolute Gasteiger partial charge is 0.405 e. The van der Waals surface area contributed by atoms with Gasteiger partial charge in [0, 0.05) is 17.3 Å². The Morgan fingerprint density at radius 1 is 1.00 bits per heavy atom. The van der Waals surface area contributed by atoms with E-state index < -0.39 is 23.7 Å². The minimum Gasteiger partial charge on any atom is -0.405 e. The fourth-order valence-electron chi connectivity index (χ4n) is 2.80. The number of alkyl halides is 3. The van der Waals surface area contributed by atoms with Gasteiger partial charge in [0.15, 0.2) is 0 Å². The van der Waals surface area contributed by atoms with Gasteiger partial charge < -0.3 is 15.8 Å². The minimum absolute atomic E-state index is 0.192. The summed E-state index contributed by atoms with van der Waals surface area (Å²) in [6, 6.07) is 13.9. The topological polar surface area (TPSA) is 107 Å². The number of halogens is 3. The van der Waals surface area contributed by atoms with E-state index in [0.717, 1.165) is 0 Å². The summed E-state index contributed by atoms with van der Waals surface area (Å²) < 4.78 is 42.4. The van der Waals surface area contributed by atoms with Gasteiger partial charge in [0.1, 0.15) is 11.3 Å².